The van der Waals surface area contributed by atoms with Crippen LogP contribution in [0, 0.1) is 0 Å². The van der Waals surface area contributed by atoms with Crippen molar-refractivity contribution in [3.63, 3.8) is 0 Å². The Hall–Kier alpha value is -3.85. The molecular formula is C20H18O9. The first kappa shape index (κ1) is 21.5. The minimum Gasteiger partial charge on any atom is -0.504 e. The molecule has 0 aromatic heterocycles. The van der Waals surface area contributed by atoms with Crippen LogP contribution in [0.5, 0.6) is 11.5 Å². The van der Waals surface area contributed by atoms with Crippen LogP contribution in [-0.2, 0) is 25.5 Å². The molecule has 2 rings (SSSR count). The molecule has 0 unspecified atom stereocenters. The number of ether oxygens (including phenoxy) is 1. The molecule has 0 heterocycles. The van der Waals surface area contributed by atoms with Gasteiger partial charge in [-0.05, 0) is 29.3 Å². The standard InChI is InChI=1S/C20H18O9/c21-14-8-6-12(10-15(14)22)7-9-16(23)29-17(18(24)25)20(28,19(26)27)11-13-4-2-1-3-5-13/h1-10,17,21-22,28H,11H2,(H,24,25)(H,26,27)/b9-7+/t17-,20-/m0/s1. The number of carboxylic acid groups (broad SMARTS) is 2. The molecule has 0 fully saturated rings. The molecule has 2 aromatic carbocycles. The number of hydrogen-bond acceptors (Lipinski definition) is 7. The lowest BCUT2D eigenvalue weighted by atomic mass is 9.88. The van der Waals surface area contributed by atoms with Gasteiger partial charge >= 0.3 is 17.9 Å². The summed E-state index contributed by atoms with van der Waals surface area (Å²) in [5.41, 5.74) is -2.30. The van der Waals surface area contributed by atoms with Gasteiger partial charge in [-0.2, -0.15) is 0 Å². The first-order valence-corrected chi connectivity index (χ1v) is 8.26. The van der Waals surface area contributed by atoms with Gasteiger partial charge in [0, 0.05) is 12.5 Å². The fraction of sp³-hybridized carbons (Fsp3) is 0.150. The lowest BCUT2D eigenvalue weighted by molar-refractivity contribution is -0.192. The van der Waals surface area contributed by atoms with E-state index in [1.54, 1.807) is 18.2 Å². The Morgan fingerprint density at radius 3 is 2.21 bits per heavy atom. The highest BCUT2D eigenvalue weighted by atomic mass is 16.6. The summed E-state index contributed by atoms with van der Waals surface area (Å²) in [6.07, 6.45) is -1.04. The van der Waals surface area contributed by atoms with Gasteiger partial charge in [-0.3, -0.25) is 0 Å². The van der Waals surface area contributed by atoms with E-state index in [9.17, 15) is 39.9 Å². The van der Waals surface area contributed by atoms with Gasteiger partial charge in [-0.15, -0.1) is 0 Å². The Kier molecular flexibility index (Phi) is 6.58. The van der Waals surface area contributed by atoms with Crippen molar-refractivity contribution in [3.05, 3.63) is 65.7 Å². The number of benzene rings is 2. The lowest BCUT2D eigenvalue weighted by Crippen LogP contribution is -2.56. The van der Waals surface area contributed by atoms with Gasteiger partial charge < -0.3 is 30.3 Å². The van der Waals surface area contributed by atoms with Gasteiger partial charge in [0.2, 0.25) is 11.7 Å². The van der Waals surface area contributed by atoms with Crippen LogP contribution in [0.1, 0.15) is 11.1 Å². The monoisotopic (exact) mass is 402 g/mol. The summed E-state index contributed by atoms with van der Waals surface area (Å²) in [6.45, 7) is 0. The van der Waals surface area contributed by atoms with E-state index in [-0.39, 0.29) is 11.3 Å². The number of aromatic hydroxyl groups is 2. The number of esters is 1. The second kappa shape index (κ2) is 8.89. The molecule has 152 valence electrons. The third kappa shape index (κ3) is 5.33. The number of carbonyl (C=O) groups is 3. The maximum Gasteiger partial charge on any atom is 0.348 e. The molecule has 0 spiro atoms. The summed E-state index contributed by atoms with van der Waals surface area (Å²) >= 11 is 0. The first-order chi connectivity index (χ1) is 13.6. The normalized spacial score (nSPS) is 14.1. The predicted molar refractivity (Wildman–Crippen MR) is 99.1 cm³/mol. The molecule has 0 amide bonds. The summed E-state index contributed by atoms with van der Waals surface area (Å²) in [6, 6.07) is 11.5. The molecule has 0 aliphatic rings. The molecule has 9 nitrogen and oxygen atoms in total. The van der Waals surface area contributed by atoms with E-state index in [1.807, 2.05) is 0 Å². The van der Waals surface area contributed by atoms with Crippen LogP contribution < -0.4 is 0 Å². The van der Waals surface area contributed by atoms with Crippen molar-refractivity contribution in [1.29, 1.82) is 0 Å². The summed E-state index contributed by atoms with van der Waals surface area (Å²) in [5, 5.41) is 48.0. The van der Waals surface area contributed by atoms with Gasteiger partial charge in [0.1, 0.15) is 0 Å². The topological polar surface area (TPSA) is 162 Å². The molecule has 2 aromatic rings. The van der Waals surface area contributed by atoms with Crippen molar-refractivity contribution in [2.75, 3.05) is 0 Å². The van der Waals surface area contributed by atoms with Crippen LogP contribution in [0.2, 0.25) is 0 Å². The van der Waals surface area contributed by atoms with Crippen LogP contribution >= 0.6 is 0 Å². The highest BCUT2D eigenvalue weighted by Gasteiger charge is 2.51. The number of aliphatic carboxylic acids is 2. The fourth-order valence-electron chi connectivity index (χ4n) is 2.50. The van der Waals surface area contributed by atoms with E-state index in [1.165, 1.54) is 24.3 Å². The summed E-state index contributed by atoms with van der Waals surface area (Å²) in [5.74, 6) is -5.74. The maximum absolute atomic E-state index is 12.0. The van der Waals surface area contributed by atoms with Crippen molar-refractivity contribution >= 4 is 24.0 Å². The van der Waals surface area contributed by atoms with E-state index in [0.29, 0.717) is 5.56 Å². The van der Waals surface area contributed by atoms with E-state index in [4.69, 9.17) is 4.74 Å². The number of aliphatic hydroxyl groups is 1. The Bertz CT molecular complexity index is 936. The first-order valence-electron chi connectivity index (χ1n) is 8.26. The number of rotatable bonds is 8. The molecule has 0 saturated carbocycles. The zero-order valence-electron chi connectivity index (χ0n) is 14.9. The van der Waals surface area contributed by atoms with Crippen LogP contribution in [-0.4, -0.2) is 55.1 Å². The fourth-order valence-corrected chi connectivity index (χ4v) is 2.50. The summed E-state index contributed by atoms with van der Waals surface area (Å²) in [7, 11) is 0. The molecule has 0 bridgehead atoms. The van der Waals surface area contributed by atoms with Crippen molar-refractivity contribution in [3.8, 4) is 11.5 Å². The van der Waals surface area contributed by atoms with Crippen LogP contribution in [0.3, 0.4) is 0 Å². The van der Waals surface area contributed by atoms with Gasteiger partial charge in [-0.1, -0.05) is 36.4 Å². The van der Waals surface area contributed by atoms with Crippen molar-refractivity contribution < 1.29 is 44.7 Å². The van der Waals surface area contributed by atoms with Gasteiger partial charge in [0.25, 0.3) is 0 Å². The molecule has 5 N–H and O–H groups in total. The maximum atomic E-state index is 12.0. The predicted octanol–water partition coefficient (Wildman–Crippen LogP) is 1.17. The second-order valence-electron chi connectivity index (χ2n) is 6.13. The Balaban J connectivity index is 2.22. The number of carbonyl (C=O) groups excluding carboxylic acids is 1. The summed E-state index contributed by atoms with van der Waals surface area (Å²) < 4.78 is 4.72. The van der Waals surface area contributed by atoms with Crippen molar-refractivity contribution in [2.24, 2.45) is 0 Å². The lowest BCUT2D eigenvalue weighted by Gasteiger charge is -2.29. The van der Waals surface area contributed by atoms with E-state index in [0.717, 1.165) is 18.2 Å². The quantitative estimate of drug-likeness (QED) is 0.248. The van der Waals surface area contributed by atoms with Gasteiger partial charge in [-0.25, -0.2) is 14.4 Å². The van der Waals surface area contributed by atoms with Gasteiger partial charge in [0.05, 0.1) is 0 Å². The average Bonchev–Trinajstić information content (AvgIpc) is 2.67. The van der Waals surface area contributed by atoms with E-state index < -0.39 is 41.8 Å². The highest BCUT2D eigenvalue weighted by molar-refractivity contribution is 5.93. The molecule has 0 aliphatic carbocycles. The zero-order valence-corrected chi connectivity index (χ0v) is 14.9. The number of hydrogen-bond donors (Lipinski definition) is 5. The molecule has 2 atom stereocenters. The van der Waals surface area contributed by atoms with Crippen molar-refractivity contribution in [1.82, 2.24) is 0 Å². The third-order valence-corrected chi connectivity index (χ3v) is 3.99. The highest BCUT2D eigenvalue weighted by Crippen LogP contribution is 2.26. The molecule has 0 saturated heterocycles. The Morgan fingerprint density at radius 2 is 1.66 bits per heavy atom. The number of phenolic OH excluding ortho intramolecular Hbond substituents is 2. The third-order valence-electron chi connectivity index (χ3n) is 3.99. The van der Waals surface area contributed by atoms with E-state index in [2.05, 4.69) is 0 Å². The SMILES string of the molecule is O=C(/C=C/c1ccc(O)c(O)c1)O[C@@H](C(=O)O)[C@@](O)(Cc1ccccc1)C(=O)O. The van der Waals surface area contributed by atoms with Gasteiger partial charge in [0.15, 0.2) is 11.5 Å². The smallest absolute Gasteiger partial charge is 0.348 e. The molecule has 0 aliphatic heterocycles. The molecule has 29 heavy (non-hydrogen) atoms. The summed E-state index contributed by atoms with van der Waals surface area (Å²) in [4.78, 5) is 35.2. The van der Waals surface area contributed by atoms with E-state index >= 15 is 0 Å². The van der Waals surface area contributed by atoms with Crippen LogP contribution in [0.15, 0.2) is 54.6 Å². The molecule has 0 radical (unpaired) electrons. The number of carboxylic acids is 2. The van der Waals surface area contributed by atoms with Crippen LogP contribution in [0.4, 0.5) is 0 Å². The Labute approximate surface area is 164 Å². The molecule has 9 heteroatoms. The zero-order chi connectivity index (χ0) is 21.6. The second-order valence-corrected chi connectivity index (χ2v) is 6.13. The largest absolute Gasteiger partial charge is 0.504 e. The van der Waals surface area contributed by atoms with Crippen molar-refractivity contribution in [2.45, 2.75) is 18.1 Å². The Morgan fingerprint density at radius 1 is 1.00 bits per heavy atom. The average molecular weight is 402 g/mol. The molecular weight excluding hydrogens is 384 g/mol. The number of phenols is 2. The van der Waals surface area contributed by atoms with Crippen LogP contribution in [0.25, 0.3) is 6.08 Å². The minimum atomic E-state index is -2.91. The minimum absolute atomic E-state index is 0.280.